The second kappa shape index (κ2) is 6.07. The fourth-order valence-electron chi connectivity index (χ4n) is 2.41. The van der Waals surface area contributed by atoms with E-state index in [9.17, 15) is 19.3 Å². The maximum atomic E-state index is 13.1. The molecule has 2 aromatic heterocycles. The van der Waals surface area contributed by atoms with Crippen molar-refractivity contribution in [3.05, 3.63) is 69.9 Å². The van der Waals surface area contributed by atoms with E-state index in [2.05, 4.69) is 10.3 Å². The number of carbonyl (C=O) groups is 1. The van der Waals surface area contributed by atoms with Crippen molar-refractivity contribution in [3.63, 3.8) is 0 Å². The molecule has 0 unspecified atom stereocenters. The Hall–Kier alpha value is -3.29. The molecule has 8 heteroatoms. The van der Waals surface area contributed by atoms with Gasteiger partial charge in [0, 0.05) is 29.7 Å². The van der Waals surface area contributed by atoms with Crippen molar-refractivity contribution >= 4 is 22.9 Å². The third-order valence-corrected chi connectivity index (χ3v) is 3.48. The summed E-state index contributed by atoms with van der Waals surface area (Å²) >= 11 is 0. The Morgan fingerprint density at radius 1 is 1.33 bits per heavy atom. The predicted molar refractivity (Wildman–Crippen MR) is 85.3 cm³/mol. The van der Waals surface area contributed by atoms with Gasteiger partial charge in [0.25, 0.3) is 5.69 Å². The first-order valence-electron chi connectivity index (χ1n) is 7.10. The molecule has 0 spiro atoms. The Bertz CT molecular complexity index is 952. The highest BCUT2D eigenvalue weighted by atomic mass is 19.1. The van der Waals surface area contributed by atoms with E-state index in [1.54, 1.807) is 13.1 Å². The third kappa shape index (κ3) is 3.22. The molecule has 0 atom stereocenters. The van der Waals surface area contributed by atoms with Crippen molar-refractivity contribution in [2.45, 2.75) is 13.3 Å². The number of anilines is 1. The molecule has 24 heavy (non-hydrogen) atoms. The summed E-state index contributed by atoms with van der Waals surface area (Å²) in [5, 5.41) is 13.5. The van der Waals surface area contributed by atoms with Crippen molar-refractivity contribution in [3.8, 4) is 0 Å². The second-order valence-electron chi connectivity index (χ2n) is 5.33. The number of halogens is 1. The normalized spacial score (nSPS) is 10.8. The van der Waals surface area contributed by atoms with Gasteiger partial charge in [0.15, 0.2) is 0 Å². The number of pyridine rings is 1. The van der Waals surface area contributed by atoms with Crippen LogP contribution in [0.1, 0.15) is 11.3 Å². The number of aryl methyl sites for hydroxylation is 1. The number of hydrogen-bond acceptors (Lipinski definition) is 4. The number of fused-ring (bicyclic) bond motifs is 1. The minimum absolute atomic E-state index is 0.00428. The summed E-state index contributed by atoms with van der Waals surface area (Å²) < 4.78 is 14.7. The molecule has 0 saturated carbocycles. The molecule has 2 heterocycles. The van der Waals surface area contributed by atoms with Crippen LogP contribution >= 0.6 is 0 Å². The molecule has 0 radical (unpaired) electrons. The Labute approximate surface area is 135 Å². The van der Waals surface area contributed by atoms with Crippen LogP contribution in [0.5, 0.6) is 0 Å². The van der Waals surface area contributed by atoms with Crippen LogP contribution in [0, 0.1) is 22.9 Å². The van der Waals surface area contributed by atoms with E-state index in [4.69, 9.17) is 0 Å². The van der Waals surface area contributed by atoms with E-state index in [0.29, 0.717) is 22.6 Å². The maximum absolute atomic E-state index is 13.1. The Balaban J connectivity index is 1.72. The number of amides is 1. The summed E-state index contributed by atoms with van der Waals surface area (Å²) in [6.45, 7) is 1.60. The lowest BCUT2D eigenvalue weighted by atomic mass is 10.2. The van der Waals surface area contributed by atoms with Crippen molar-refractivity contribution in [2.24, 2.45) is 0 Å². The van der Waals surface area contributed by atoms with E-state index in [0.717, 1.165) is 0 Å². The summed E-state index contributed by atoms with van der Waals surface area (Å²) in [6.07, 6.45) is 2.88. The van der Waals surface area contributed by atoms with Gasteiger partial charge in [0.2, 0.25) is 5.91 Å². The van der Waals surface area contributed by atoms with Gasteiger partial charge in [-0.3, -0.25) is 14.9 Å². The standard InChI is InChI=1S/C16H13FN4O3/c1-10-6-12(3-4-14(10)21(23)24)19-16(22)7-13-9-20-8-11(17)2-5-15(20)18-13/h2-6,8-9H,7H2,1H3,(H,19,22). The maximum Gasteiger partial charge on any atom is 0.272 e. The van der Waals surface area contributed by atoms with Gasteiger partial charge in [-0.25, -0.2) is 9.37 Å². The average molecular weight is 328 g/mol. The van der Waals surface area contributed by atoms with E-state index in [-0.39, 0.29) is 18.0 Å². The molecular formula is C16H13FN4O3. The molecule has 0 fully saturated rings. The van der Waals surface area contributed by atoms with Gasteiger partial charge in [0.1, 0.15) is 11.5 Å². The monoisotopic (exact) mass is 328 g/mol. The predicted octanol–water partition coefficient (Wildman–Crippen LogP) is 2.87. The minimum atomic E-state index is -0.475. The first-order chi connectivity index (χ1) is 11.4. The van der Waals surface area contributed by atoms with Crippen molar-refractivity contribution in [2.75, 3.05) is 5.32 Å². The van der Waals surface area contributed by atoms with Gasteiger partial charge in [-0.05, 0) is 31.2 Å². The highest BCUT2D eigenvalue weighted by Gasteiger charge is 2.12. The zero-order valence-corrected chi connectivity index (χ0v) is 12.7. The number of carbonyl (C=O) groups excluding carboxylic acids is 1. The number of hydrogen-bond donors (Lipinski definition) is 1. The number of nitro groups is 1. The van der Waals surface area contributed by atoms with Crippen molar-refractivity contribution < 1.29 is 14.1 Å². The summed E-state index contributed by atoms with van der Waals surface area (Å²) in [6, 6.07) is 7.18. The first-order valence-corrected chi connectivity index (χ1v) is 7.10. The quantitative estimate of drug-likeness (QED) is 0.589. The number of aromatic nitrogens is 2. The van der Waals surface area contributed by atoms with Crippen molar-refractivity contribution in [1.29, 1.82) is 0 Å². The van der Waals surface area contributed by atoms with E-state index in [1.165, 1.54) is 40.9 Å². The molecule has 1 amide bonds. The Morgan fingerprint density at radius 3 is 2.83 bits per heavy atom. The van der Waals surface area contributed by atoms with Crippen LogP contribution in [-0.4, -0.2) is 20.2 Å². The smallest absolute Gasteiger partial charge is 0.272 e. The average Bonchev–Trinajstić information content (AvgIpc) is 2.87. The summed E-state index contributed by atoms with van der Waals surface area (Å²) in [5.41, 5.74) is 1.97. The molecule has 7 nitrogen and oxygen atoms in total. The van der Waals surface area contributed by atoms with Crippen LogP contribution in [0.4, 0.5) is 15.8 Å². The Morgan fingerprint density at radius 2 is 2.12 bits per heavy atom. The van der Waals surface area contributed by atoms with Crippen LogP contribution in [0.15, 0.2) is 42.7 Å². The van der Waals surface area contributed by atoms with Crippen LogP contribution in [0.25, 0.3) is 5.65 Å². The third-order valence-electron chi connectivity index (χ3n) is 3.48. The number of nitro benzene ring substituents is 1. The fraction of sp³-hybridized carbons (Fsp3) is 0.125. The Kier molecular flexibility index (Phi) is 3.95. The number of rotatable bonds is 4. The minimum Gasteiger partial charge on any atom is -0.326 e. The number of benzene rings is 1. The van der Waals surface area contributed by atoms with Crippen LogP contribution in [0.2, 0.25) is 0 Å². The zero-order chi connectivity index (χ0) is 17.3. The molecule has 0 aliphatic carbocycles. The fourth-order valence-corrected chi connectivity index (χ4v) is 2.41. The molecule has 0 bridgehead atoms. The number of imidazole rings is 1. The number of nitrogens with one attached hydrogen (secondary N) is 1. The van der Waals surface area contributed by atoms with E-state index in [1.807, 2.05) is 0 Å². The molecule has 0 aliphatic rings. The van der Waals surface area contributed by atoms with E-state index >= 15 is 0 Å². The van der Waals surface area contributed by atoms with Gasteiger partial charge in [-0.1, -0.05) is 0 Å². The summed E-state index contributed by atoms with van der Waals surface area (Å²) in [5.74, 6) is -0.704. The van der Waals surface area contributed by atoms with Gasteiger partial charge in [-0.15, -0.1) is 0 Å². The lowest BCUT2D eigenvalue weighted by molar-refractivity contribution is -0.385. The van der Waals surface area contributed by atoms with Crippen LogP contribution < -0.4 is 5.32 Å². The number of nitrogens with zero attached hydrogens (tertiary/aromatic N) is 3. The van der Waals surface area contributed by atoms with E-state index < -0.39 is 10.7 Å². The molecular weight excluding hydrogens is 315 g/mol. The van der Waals surface area contributed by atoms with Crippen molar-refractivity contribution in [1.82, 2.24) is 9.38 Å². The van der Waals surface area contributed by atoms with Gasteiger partial charge >= 0.3 is 0 Å². The topological polar surface area (TPSA) is 89.5 Å². The SMILES string of the molecule is Cc1cc(NC(=O)Cc2cn3cc(F)ccc3n2)ccc1[N+](=O)[O-]. The molecule has 0 saturated heterocycles. The highest BCUT2D eigenvalue weighted by Crippen LogP contribution is 2.21. The first kappa shape index (κ1) is 15.6. The molecule has 1 aromatic carbocycles. The van der Waals surface area contributed by atoms with Gasteiger partial charge < -0.3 is 9.72 Å². The van der Waals surface area contributed by atoms with Crippen LogP contribution in [0.3, 0.4) is 0 Å². The lowest BCUT2D eigenvalue weighted by Crippen LogP contribution is -2.14. The van der Waals surface area contributed by atoms with Crippen LogP contribution in [-0.2, 0) is 11.2 Å². The zero-order valence-electron chi connectivity index (χ0n) is 12.7. The largest absolute Gasteiger partial charge is 0.326 e. The summed E-state index contributed by atoms with van der Waals surface area (Å²) in [4.78, 5) is 26.6. The lowest BCUT2D eigenvalue weighted by Gasteiger charge is -2.05. The summed E-state index contributed by atoms with van der Waals surface area (Å²) in [7, 11) is 0. The van der Waals surface area contributed by atoms with Gasteiger partial charge in [-0.2, -0.15) is 0 Å². The molecule has 0 aliphatic heterocycles. The highest BCUT2D eigenvalue weighted by molar-refractivity contribution is 5.92. The molecule has 122 valence electrons. The molecule has 3 aromatic rings. The second-order valence-corrected chi connectivity index (χ2v) is 5.33. The molecule has 3 rings (SSSR count). The molecule has 1 N–H and O–H groups in total. The van der Waals surface area contributed by atoms with Gasteiger partial charge in [0.05, 0.1) is 17.0 Å².